The first-order chi connectivity index (χ1) is 9.33. The molecule has 1 saturated heterocycles. The zero-order valence-electron chi connectivity index (χ0n) is 10.7. The minimum atomic E-state index is 0.0507. The van der Waals surface area contributed by atoms with E-state index in [0.29, 0.717) is 6.61 Å². The molecule has 1 amide bonds. The molecule has 1 unspecified atom stereocenters. The molecule has 3 rings (SSSR count). The standard InChI is InChI=1S/C15H17NO3/c17-15(12-2-1-7-18-8-5-12)16-13-4-3-11-6-9-19-14(11)10-13/h3-4,6,9-10,12H,1-2,5,7-8H2,(H,16,17). The number of carbonyl (C=O) groups is 1. The SMILES string of the molecule is O=C(Nc1ccc2ccoc2c1)C1CCCOCC1. The van der Waals surface area contributed by atoms with E-state index in [9.17, 15) is 4.79 Å². The second kappa shape index (κ2) is 5.45. The van der Waals surface area contributed by atoms with Gasteiger partial charge in [-0.1, -0.05) is 0 Å². The molecule has 1 N–H and O–H groups in total. The molecule has 0 saturated carbocycles. The third-order valence-corrected chi connectivity index (χ3v) is 3.55. The summed E-state index contributed by atoms with van der Waals surface area (Å²) in [6.07, 6.45) is 4.30. The largest absolute Gasteiger partial charge is 0.464 e. The third kappa shape index (κ3) is 2.79. The normalized spacial score (nSPS) is 20.1. The maximum atomic E-state index is 12.2. The first-order valence-corrected chi connectivity index (χ1v) is 6.69. The predicted octanol–water partition coefficient (Wildman–Crippen LogP) is 3.19. The number of anilines is 1. The molecule has 2 aromatic rings. The molecule has 4 nitrogen and oxygen atoms in total. The maximum absolute atomic E-state index is 12.2. The van der Waals surface area contributed by atoms with E-state index in [4.69, 9.17) is 9.15 Å². The van der Waals surface area contributed by atoms with Crippen LogP contribution in [-0.2, 0) is 9.53 Å². The van der Waals surface area contributed by atoms with Gasteiger partial charge in [-0.15, -0.1) is 0 Å². The van der Waals surface area contributed by atoms with Gasteiger partial charge in [-0.3, -0.25) is 4.79 Å². The summed E-state index contributed by atoms with van der Waals surface area (Å²) >= 11 is 0. The number of hydrogen-bond donors (Lipinski definition) is 1. The third-order valence-electron chi connectivity index (χ3n) is 3.55. The Morgan fingerprint density at radius 3 is 3.11 bits per heavy atom. The Morgan fingerprint density at radius 1 is 1.21 bits per heavy atom. The molecular formula is C15H17NO3. The van der Waals surface area contributed by atoms with Crippen molar-refractivity contribution in [1.82, 2.24) is 0 Å². The van der Waals surface area contributed by atoms with Crippen LogP contribution in [0.15, 0.2) is 34.9 Å². The predicted molar refractivity (Wildman–Crippen MR) is 73.0 cm³/mol. The molecule has 1 aliphatic rings. The molecule has 2 heterocycles. The van der Waals surface area contributed by atoms with E-state index in [1.165, 1.54) is 0 Å². The lowest BCUT2D eigenvalue weighted by Crippen LogP contribution is -2.23. The van der Waals surface area contributed by atoms with E-state index in [0.717, 1.165) is 42.5 Å². The Hall–Kier alpha value is -1.81. The van der Waals surface area contributed by atoms with Gasteiger partial charge in [0.25, 0.3) is 0 Å². The molecule has 1 aromatic heterocycles. The molecular weight excluding hydrogens is 242 g/mol. The second-order valence-electron chi connectivity index (χ2n) is 4.90. The number of benzene rings is 1. The maximum Gasteiger partial charge on any atom is 0.227 e. The van der Waals surface area contributed by atoms with Crippen LogP contribution in [0.3, 0.4) is 0 Å². The number of furan rings is 1. The molecule has 100 valence electrons. The summed E-state index contributed by atoms with van der Waals surface area (Å²) in [5.74, 6) is 0.131. The van der Waals surface area contributed by atoms with E-state index in [2.05, 4.69) is 5.32 Å². The smallest absolute Gasteiger partial charge is 0.227 e. The van der Waals surface area contributed by atoms with Gasteiger partial charge < -0.3 is 14.5 Å². The van der Waals surface area contributed by atoms with Crippen LogP contribution >= 0.6 is 0 Å². The Bertz CT molecular complexity index is 568. The summed E-state index contributed by atoms with van der Waals surface area (Å²) in [5.41, 5.74) is 1.58. The Morgan fingerprint density at radius 2 is 2.16 bits per heavy atom. The van der Waals surface area contributed by atoms with Gasteiger partial charge >= 0.3 is 0 Å². The van der Waals surface area contributed by atoms with E-state index in [1.807, 2.05) is 24.3 Å². The van der Waals surface area contributed by atoms with Crippen molar-refractivity contribution in [2.45, 2.75) is 19.3 Å². The summed E-state index contributed by atoms with van der Waals surface area (Å²) in [5, 5.41) is 4.01. The van der Waals surface area contributed by atoms with Crippen LogP contribution in [0.4, 0.5) is 5.69 Å². The topological polar surface area (TPSA) is 51.5 Å². The molecule has 1 fully saturated rings. The first-order valence-electron chi connectivity index (χ1n) is 6.69. The average molecular weight is 259 g/mol. The van der Waals surface area contributed by atoms with E-state index in [-0.39, 0.29) is 11.8 Å². The fraction of sp³-hybridized carbons (Fsp3) is 0.400. The fourth-order valence-corrected chi connectivity index (χ4v) is 2.44. The van der Waals surface area contributed by atoms with E-state index < -0.39 is 0 Å². The zero-order valence-corrected chi connectivity index (χ0v) is 10.7. The van der Waals surface area contributed by atoms with Gasteiger partial charge in [0.05, 0.1) is 6.26 Å². The van der Waals surface area contributed by atoms with Crippen LogP contribution < -0.4 is 5.32 Å². The van der Waals surface area contributed by atoms with E-state index in [1.54, 1.807) is 6.26 Å². The fourth-order valence-electron chi connectivity index (χ4n) is 2.44. The lowest BCUT2D eigenvalue weighted by atomic mass is 10.00. The number of nitrogens with one attached hydrogen (secondary N) is 1. The van der Waals surface area contributed by atoms with Gasteiger partial charge in [0.1, 0.15) is 5.58 Å². The van der Waals surface area contributed by atoms with Gasteiger partial charge in [-0.2, -0.15) is 0 Å². The molecule has 1 aromatic carbocycles. The van der Waals surface area contributed by atoms with Crippen molar-refractivity contribution in [2.24, 2.45) is 5.92 Å². The highest BCUT2D eigenvalue weighted by molar-refractivity contribution is 5.94. The number of carbonyl (C=O) groups excluding carboxylic acids is 1. The molecule has 0 spiro atoms. The van der Waals surface area contributed by atoms with Crippen LogP contribution in [0.25, 0.3) is 11.0 Å². The number of ether oxygens (including phenoxy) is 1. The average Bonchev–Trinajstić information content (AvgIpc) is 2.71. The molecule has 0 bridgehead atoms. The van der Waals surface area contributed by atoms with Crippen LogP contribution in [-0.4, -0.2) is 19.1 Å². The number of amides is 1. The highest BCUT2D eigenvalue weighted by Gasteiger charge is 2.20. The van der Waals surface area contributed by atoms with Gasteiger partial charge in [0.2, 0.25) is 5.91 Å². The molecule has 1 atom stereocenters. The van der Waals surface area contributed by atoms with Crippen molar-refractivity contribution in [3.8, 4) is 0 Å². The molecule has 1 aliphatic heterocycles. The van der Waals surface area contributed by atoms with Crippen molar-refractivity contribution in [2.75, 3.05) is 18.5 Å². The first kappa shape index (κ1) is 12.2. The van der Waals surface area contributed by atoms with Gasteiger partial charge in [0, 0.05) is 36.3 Å². The molecule has 19 heavy (non-hydrogen) atoms. The number of rotatable bonds is 2. The van der Waals surface area contributed by atoms with E-state index >= 15 is 0 Å². The van der Waals surface area contributed by atoms with Gasteiger partial charge in [0.15, 0.2) is 0 Å². The van der Waals surface area contributed by atoms with Crippen molar-refractivity contribution >= 4 is 22.6 Å². The van der Waals surface area contributed by atoms with Crippen LogP contribution in [0.5, 0.6) is 0 Å². The van der Waals surface area contributed by atoms with Gasteiger partial charge in [-0.25, -0.2) is 0 Å². The molecule has 4 heteroatoms. The molecule has 0 aliphatic carbocycles. The zero-order chi connectivity index (χ0) is 13.1. The monoisotopic (exact) mass is 259 g/mol. The summed E-state index contributed by atoms with van der Waals surface area (Å²) in [4.78, 5) is 12.2. The van der Waals surface area contributed by atoms with Crippen LogP contribution in [0, 0.1) is 5.92 Å². The van der Waals surface area contributed by atoms with Gasteiger partial charge in [-0.05, 0) is 37.5 Å². The van der Waals surface area contributed by atoms with Crippen molar-refractivity contribution < 1.29 is 13.9 Å². The lowest BCUT2D eigenvalue weighted by Gasteiger charge is -2.13. The Labute approximate surface area is 111 Å². The second-order valence-corrected chi connectivity index (χ2v) is 4.90. The number of fused-ring (bicyclic) bond motifs is 1. The minimum Gasteiger partial charge on any atom is -0.464 e. The highest BCUT2D eigenvalue weighted by atomic mass is 16.5. The Kier molecular flexibility index (Phi) is 3.51. The van der Waals surface area contributed by atoms with Crippen molar-refractivity contribution in [3.05, 3.63) is 30.5 Å². The van der Waals surface area contributed by atoms with Crippen molar-refractivity contribution in [3.63, 3.8) is 0 Å². The summed E-state index contributed by atoms with van der Waals surface area (Å²) in [7, 11) is 0. The molecule has 0 radical (unpaired) electrons. The van der Waals surface area contributed by atoms with Crippen molar-refractivity contribution in [1.29, 1.82) is 0 Å². The quantitative estimate of drug-likeness (QED) is 0.901. The summed E-state index contributed by atoms with van der Waals surface area (Å²) in [6.45, 7) is 1.44. The number of hydrogen-bond acceptors (Lipinski definition) is 3. The Balaban J connectivity index is 1.70. The van der Waals surface area contributed by atoms with Crippen LogP contribution in [0.2, 0.25) is 0 Å². The highest BCUT2D eigenvalue weighted by Crippen LogP contribution is 2.22. The van der Waals surface area contributed by atoms with Crippen LogP contribution in [0.1, 0.15) is 19.3 Å². The summed E-state index contributed by atoms with van der Waals surface area (Å²) < 4.78 is 10.7. The lowest BCUT2D eigenvalue weighted by molar-refractivity contribution is -0.120. The minimum absolute atomic E-state index is 0.0507. The summed E-state index contributed by atoms with van der Waals surface area (Å²) in [6, 6.07) is 7.62.